The average molecular weight is 307 g/mol. The van der Waals surface area contributed by atoms with E-state index in [0.717, 1.165) is 49.4 Å². The summed E-state index contributed by atoms with van der Waals surface area (Å²) in [5.74, 6) is 0.111. The van der Waals surface area contributed by atoms with Gasteiger partial charge in [-0.25, -0.2) is 0 Å². The number of aromatic nitrogens is 2. The molecule has 2 rings (SSSR count). The first-order chi connectivity index (χ1) is 10.3. The zero-order chi connectivity index (χ0) is 16.5. The Morgan fingerprint density at radius 3 is 2.64 bits per heavy atom. The minimum absolute atomic E-state index is 0.0239. The van der Waals surface area contributed by atoms with Crippen LogP contribution in [0.4, 0.5) is 0 Å². The number of carbonyl (C=O) groups excluding carboxylic acids is 1. The largest absolute Gasteiger partial charge is 0.381 e. The predicted octanol–water partition coefficient (Wildman–Crippen LogP) is 2.80. The Bertz CT molecular complexity index is 548. The fourth-order valence-electron chi connectivity index (χ4n) is 3.54. The van der Waals surface area contributed by atoms with Gasteiger partial charge in [-0.05, 0) is 26.7 Å². The molecule has 124 valence electrons. The summed E-state index contributed by atoms with van der Waals surface area (Å²) in [7, 11) is 1.76. The highest BCUT2D eigenvalue weighted by Gasteiger charge is 2.38. The molecule has 1 aliphatic rings. The fraction of sp³-hybridized carbons (Fsp3) is 0.765. The molecule has 1 aliphatic heterocycles. The number of hydrogen-bond donors (Lipinski definition) is 0. The molecule has 1 aromatic rings. The highest BCUT2D eigenvalue weighted by molar-refractivity contribution is 5.96. The normalized spacial score (nSPS) is 21.2. The number of rotatable bonds is 4. The van der Waals surface area contributed by atoms with E-state index in [1.165, 1.54) is 0 Å². The van der Waals surface area contributed by atoms with E-state index >= 15 is 0 Å². The third-order valence-corrected chi connectivity index (χ3v) is 4.73. The van der Waals surface area contributed by atoms with Gasteiger partial charge in [0.1, 0.15) is 0 Å². The summed E-state index contributed by atoms with van der Waals surface area (Å²) in [5.41, 5.74) is 2.57. The van der Waals surface area contributed by atoms with E-state index < -0.39 is 0 Å². The molecule has 1 fully saturated rings. The maximum absolute atomic E-state index is 13.0. The Hall–Kier alpha value is -1.36. The molecule has 0 bridgehead atoms. The quantitative estimate of drug-likeness (QED) is 0.859. The molecule has 1 saturated heterocycles. The van der Waals surface area contributed by atoms with Gasteiger partial charge in [0.25, 0.3) is 5.91 Å². The summed E-state index contributed by atoms with van der Waals surface area (Å²) < 4.78 is 7.52. The molecule has 0 aromatic carbocycles. The monoisotopic (exact) mass is 307 g/mol. The highest BCUT2D eigenvalue weighted by atomic mass is 16.5. The van der Waals surface area contributed by atoms with Crippen molar-refractivity contribution in [2.75, 3.05) is 20.2 Å². The van der Waals surface area contributed by atoms with Crippen molar-refractivity contribution in [2.24, 2.45) is 5.41 Å². The molecular weight excluding hydrogens is 278 g/mol. The van der Waals surface area contributed by atoms with Crippen molar-refractivity contribution in [1.29, 1.82) is 0 Å². The van der Waals surface area contributed by atoms with Crippen molar-refractivity contribution in [3.63, 3.8) is 0 Å². The number of nitrogens with zero attached hydrogens (tertiary/aromatic N) is 3. The lowest BCUT2D eigenvalue weighted by atomic mass is 9.81. The maximum Gasteiger partial charge on any atom is 0.257 e. The number of carbonyl (C=O) groups is 1. The summed E-state index contributed by atoms with van der Waals surface area (Å²) in [6.07, 6.45) is 2.11. The molecule has 5 heteroatoms. The topological polar surface area (TPSA) is 47.4 Å². The van der Waals surface area contributed by atoms with E-state index in [0.29, 0.717) is 0 Å². The smallest absolute Gasteiger partial charge is 0.257 e. The number of ether oxygens (including phenoxy) is 1. The molecule has 1 amide bonds. The van der Waals surface area contributed by atoms with Gasteiger partial charge in [0.2, 0.25) is 0 Å². The van der Waals surface area contributed by atoms with E-state index in [-0.39, 0.29) is 17.4 Å². The van der Waals surface area contributed by atoms with Crippen LogP contribution in [0.1, 0.15) is 55.4 Å². The average Bonchev–Trinajstić information content (AvgIpc) is 2.72. The Labute approximate surface area is 133 Å². The molecule has 0 N–H and O–H groups in total. The Morgan fingerprint density at radius 1 is 1.41 bits per heavy atom. The first kappa shape index (κ1) is 17.0. The number of amides is 1. The fourth-order valence-corrected chi connectivity index (χ4v) is 3.54. The van der Waals surface area contributed by atoms with Gasteiger partial charge in [0, 0.05) is 37.9 Å². The molecule has 22 heavy (non-hydrogen) atoms. The van der Waals surface area contributed by atoms with Crippen LogP contribution in [-0.4, -0.2) is 46.9 Å². The molecule has 0 radical (unpaired) electrons. The lowest BCUT2D eigenvalue weighted by Gasteiger charge is -2.43. The van der Waals surface area contributed by atoms with E-state index in [4.69, 9.17) is 4.74 Å². The van der Waals surface area contributed by atoms with Crippen molar-refractivity contribution < 1.29 is 9.53 Å². The van der Waals surface area contributed by atoms with Gasteiger partial charge < -0.3 is 9.64 Å². The third kappa shape index (κ3) is 3.05. The second kappa shape index (κ2) is 6.41. The van der Waals surface area contributed by atoms with E-state index in [1.807, 2.05) is 23.4 Å². The third-order valence-electron chi connectivity index (χ3n) is 4.73. The predicted molar refractivity (Wildman–Crippen MR) is 87.1 cm³/mol. The number of likely N-dealkylation sites (tertiary alicyclic amines) is 1. The molecule has 1 atom stereocenters. The number of aryl methyl sites for hydroxylation is 2. The van der Waals surface area contributed by atoms with E-state index in [1.54, 1.807) is 7.11 Å². The lowest BCUT2D eigenvalue weighted by molar-refractivity contribution is -0.0443. The Kier molecular flexibility index (Phi) is 4.95. The molecule has 2 heterocycles. The Morgan fingerprint density at radius 2 is 2.09 bits per heavy atom. The summed E-state index contributed by atoms with van der Waals surface area (Å²) >= 11 is 0. The molecule has 1 aromatic heterocycles. The van der Waals surface area contributed by atoms with Crippen molar-refractivity contribution in [3.05, 3.63) is 17.0 Å². The molecule has 0 aliphatic carbocycles. The van der Waals surface area contributed by atoms with Crippen LogP contribution in [0.25, 0.3) is 0 Å². The maximum atomic E-state index is 13.0. The minimum atomic E-state index is -0.0239. The van der Waals surface area contributed by atoms with Gasteiger partial charge in [-0.3, -0.25) is 9.48 Å². The zero-order valence-corrected chi connectivity index (χ0v) is 14.8. The SMILES string of the molecule is CCCn1nc(C)c(C(=O)N2CCC(OC)C(C)(C)C2)c1C. The highest BCUT2D eigenvalue weighted by Crippen LogP contribution is 2.32. The van der Waals surface area contributed by atoms with Gasteiger partial charge >= 0.3 is 0 Å². The van der Waals surface area contributed by atoms with Gasteiger partial charge in [-0.15, -0.1) is 0 Å². The van der Waals surface area contributed by atoms with Crippen molar-refractivity contribution in [3.8, 4) is 0 Å². The molecule has 5 nitrogen and oxygen atoms in total. The number of methoxy groups -OCH3 is 1. The van der Waals surface area contributed by atoms with E-state index in [2.05, 4.69) is 25.9 Å². The van der Waals surface area contributed by atoms with Gasteiger partial charge in [-0.1, -0.05) is 20.8 Å². The number of piperidine rings is 1. The van der Waals surface area contributed by atoms with Crippen molar-refractivity contribution >= 4 is 5.91 Å². The van der Waals surface area contributed by atoms with Crippen LogP contribution in [0.2, 0.25) is 0 Å². The van der Waals surface area contributed by atoms with Crippen LogP contribution >= 0.6 is 0 Å². The van der Waals surface area contributed by atoms with Gasteiger partial charge in [0.05, 0.1) is 17.4 Å². The minimum Gasteiger partial charge on any atom is -0.381 e. The molecule has 0 saturated carbocycles. The first-order valence-corrected chi connectivity index (χ1v) is 8.18. The second-order valence-corrected chi connectivity index (χ2v) is 7.00. The van der Waals surface area contributed by atoms with Crippen LogP contribution < -0.4 is 0 Å². The standard InChI is InChI=1S/C17H29N3O2/c1-7-9-20-13(3)15(12(2)18-20)16(21)19-10-8-14(22-6)17(4,5)11-19/h14H,7-11H2,1-6H3. The van der Waals surface area contributed by atoms with Crippen molar-refractivity contribution in [2.45, 2.75) is 60.1 Å². The summed E-state index contributed by atoms with van der Waals surface area (Å²) in [6, 6.07) is 0. The van der Waals surface area contributed by atoms with E-state index in [9.17, 15) is 4.79 Å². The van der Waals surface area contributed by atoms with Crippen LogP contribution in [0.5, 0.6) is 0 Å². The zero-order valence-electron chi connectivity index (χ0n) is 14.8. The van der Waals surface area contributed by atoms with Gasteiger partial charge in [0.15, 0.2) is 0 Å². The number of hydrogen-bond acceptors (Lipinski definition) is 3. The van der Waals surface area contributed by atoms with Gasteiger partial charge in [-0.2, -0.15) is 5.10 Å². The van der Waals surface area contributed by atoms with Crippen LogP contribution in [0.3, 0.4) is 0 Å². The first-order valence-electron chi connectivity index (χ1n) is 8.18. The molecular formula is C17H29N3O2. The lowest BCUT2D eigenvalue weighted by Crippen LogP contribution is -2.51. The summed E-state index contributed by atoms with van der Waals surface area (Å²) in [5, 5.41) is 4.53. The molecule has 1 unspecified atom stereocenters. The summed E-state index contributed by atoms with van der Waals surface area (Å²) in [4.78, 5) is 14.9. The Balaban J connectivity index is 2.23. The van der Waals surface area contributed by atoms with Crippen LogP contribution in [0, 0.1) is 19.3 Å². The molecule has 0 spiro atoms. The van der Waals surface area contributed by atoms with Crippen molar-refractivity contribution in [1.82, 2.24) is 14.7 Å². The van der Waals surface area contributed by atoms with Crippen LogP contribution in [-0.2, 0) is 11.3 Å². The van der Waals surface area contributed by atoms with Crippen LogP contribution in [0.15, 0.2) is 0 Å². The summed E-state index contributed by atoms with van der Waals surface area (Å²) in [6.45, 7) is 12.7. The second-order valence-electron chi connectivity index (χ2n) is 7.00.